The van der Waals surface area contributed by atoms with Gasteiger partial charge in [-0.2, -0.15) is 0 Å². The summed E-state index contributed by atoms with van der Waals surface area (Å²) in [5.41, 5.74) is 4.67. The predicted molar refractivity (Wildman–Crippen MR) is 71.7 cm³/mol. The first kappa shape index (κ1) is 14.7. The van der Waals surface area contributed by atoms with Gasteiger partial charge in [0.25, 0.3) is 5.91 Å². The van der Waals surface area contributed by atoms with Crippen LogP contribution in [-0.2, 0) is 13.0 Å². The Morgan fingerprint density at radius 1 is 1.39 bits per heavy atom. The second kappa shape index (κ2) is 7.13. The topological polar surface area (TPSA) is 52.6 Å². The van der Waals surface area contributed by atoms with Crippen LogP contribution in [0.1, 0.15) is 42.3 Å². The second-order valence-electron chi connectivity index (χ2n) is 4.04. The summed E-state index contributed by atoms with van der Waals surface area (Å²) < 4.78 is 0. The van der Waals surface area contributed by atoms with Crippen LogP contribution in [0.5, 0.6) is 0 Å². The van der Waals surface area contributed by atoms with Crippen LogP contribution in [0.15, 0.2) is 18.2 Å². The van der Waals surface area contributed by atoms with Gasteiger partial charge in [0.15, 0.2) is 0 Å². The van der Waals surface area contributed by atoms with E-state index in [9.17, 15) is 4.79 Å². The maximum Gasteiger partial charge on any atom is 0.274 e. The van der Waals surface area contributed by atoms with E-state index in [1.807, 2.05) is 26.0 Å². The van der Waals surface area contributed by atoms with Crippen LogP contribution >= 0.6 is 0 Å². The van der Waals surface area contributed by atoms with Crippen molar-refractivity contribution in [3.05, 3.63) is 34.9 Å². The Balaban J connectivity index is 0.000000771. The van der Waals surface area contributed by atoms with Crippen LogP contribution in [0.3, 0.4) is 0 Å². The number of likely N-dealkylation sites (N-methyl/N-ethyl adjacent to an activating group) is 1. The van der Waals surface area contributed by atoms with E-state index in [0.717, 1.165) is 26.1 Å². The quantitative estimate of drug-likeness (QED) is 0.625. The Kier molecular flexibility index (Phi) is 5.82. The Labute approximate surface area is 109 Å². The first-order chi connectivity index (χ1) is 8.74. The summed E-state index contributed by atoms with van der Waals surface area (Å²) in [6.07, 6.45) is 0.968. The summed E-state index contributed by atoms with van der Waals surface area (Å²) in [4.78, 5) is 13.6. The number of nitrogens with zero attached hydrogens (tertiary/aromatic N) is 1. The standard InChI is InChI=1S/C12H16N2O2.C2H6/c1-2-14-6-5-9-7-10(12(15)13-16)3-4-11(9)8-14;1-2/h3-4,7,16H,2,5-6,8H2,1H3,(H,13,15);1-2H3. The van der Waals surface area contributed by atoms with Crippen LogP contribution in [0.25, 0.3) is 0 Å². The fraction of sp³-hybridized carbons (Fsp3) is 0.500. The molecule has 4 nitrogen and oxygen atoms in total. The van der Waals surface area contributed by atoms with Crippen molar-refractivity contribution in [2.24, 2.45) is 0 Å². The zero-order valence-corrected chi connectivity index (χ0v) is 11.4. The van der Waals surface area contributed by atoms with E-state index >= 15 is 0 Å². The van der Waals surface area contributed by atoms with E-state index in [2.05, 4.69) is 11.8 Å². The molecule has 1 aromatic carbocycles. The van der Waals surface area contributed by atoms with E-state index in [0.29, 0.717) is 5.56 Å². The number of hydrogen-bond donors (Lipinski definition) is 2. The number of benzene rings is 1. The van der Waals surface area contributed by atoms with Crippen molar-refractivity contribution >= 4 is 5.91 Å². The average molecular weight is 250 g/mol. The number of rotatable bonds is 2. The summed E-state index contributed by atoms with van der Waals surface area (Å²) in [7, 11) is 0. The molecular weight excluding hydrogens is 228 g/mol. The van der Waals surface area contributed by atoms with Gasteiger partial charge in [-0.15, -0.1) is 0 Å². The third-order valence-electron chi connectivity index (χ3n) is 3.11. The lowest BCUT2D eigenvalue weighted by molar-refractivity contribution is 0.0706. The van der Waals surface area contributed by atoms with Gasteiger partial charge in [-0.1, -0.05) is 26.8 Å². The first-order valence-electron chi connectivity index (χ1n) is 6.53. The Morgan fingerprint density at radius 2 is 2.11 bits per heavy atom. The Morgan fingerprint density at radius 3 is 2.72 bits per heavy atom. The van der Waals surface area contributed by atoms with Gasteiger partial charge in [0.05, 0.1) is 0 Å². The Hall–Kier alpha value is -1.39. The van der Waals surface area contributed by atoms with Crippen molar-refractivity contribution < 1.29 is 10.0 Å². The molecule has 18 heavy (non-hydrogen) atoms. The number of carbonyl (C=O) groups is 1. The zero-order chi connectivity index (χ0) is 13.5. The van der Waals surface area contributed by atoms with Gasteiger partial charge in [-0.25, -0.2) is 5.48 Å². The maximum atomic E-state index is 11.2. The van der Waals surface area contributed by atoms with Crippen molar-refractivity contribution in [2.45, 2.75) is 33.7 Å². The van der Waals surface area contributed by atoms with Crippen LogP contribution in [0, 0.1) is 0 Å². The highest BCUT2D eigenvalue weighted by atomic mass is 16.5. The molecule has 0 fully saturated rings. The highest BCUT2D eigenvalue weighted by molar-refractivity contribution is 5.93. The largest absolute Gasteiger partial charge is 0.299 e. The summed E-state index contributed by atoms with van der Waals surface area (Å²) in [5.74, 6) is -0.444. The molecule has 1 heterocycles. The predicted octanol–water partition coefficient (Wildman–Crippen LogP) is 2.21. The average Bonchev–Trinajstić information content (AvgIpc) is 2.47. The number of amides is 1. The summed E-state index contributed by atoms with van der Waals surface area (Å²) in [6.45, 7) is 9.19. The van der Waals surface area contributed by atoms with Gasteiger partial charge in [0.1, 0.15) is 0 Å². The molecule has 0 aromatic heterocycles. The molecule has 1 amide bonds. The monoisotopic (exact) mass is 250 g/mol. The normalized spacial score (nSPS) is 14.2. The zero-order valence-electron chi connectivity index (χ0n) is 11.4. The van der Waals surface area contributed by atoms with Crippen LogP contribution in [-0.4, -0.2) is 29.1 Å². The lowest BCUT2D eigenvalue weighted by atomic mass is 9.97. The molecule has 0 bridgehead atoms. The van der Waals surface area contributed by atoms with Crippen molar-refractivity contribution in [3.63, 3.8) is 0 Å². The number of carbonyl (C=O) groups excluding carboxylic acids is 1. The van der Waals surface area contributed by atoms with E-state index in [1.54, 1.807) is 11.5 Å². The molecule has 100 valence electrons. The molecule has 1 aliphatic heterocycles. The van der Waals surface area contributed by atoms with Gasteiger partial charge < -0.3 is 0 Å². The van der Waals surface area contributed by atoms with Gasteiger partial charge in [-0.3, -0.25) is 14.9 Å². The molecular formula is C14H22N2O2. The van der Waals surface area contributed by atoms with E-state index in [1.165, 1.54) is 11.1 Å². The summed E-state index contributed by atoms with van der Waals surface area (Å²) >= 11 is 0. The third kappa shape index (κ3) is 3.31. The third-order valence-corrected chi connectivity index (χ3v) is 3.11. The maximum absolute atomic E-state index is 11.2. The highest BCUT2D eigenvalue weighted by Crippen LogP contribution is 2.20. The van der Waals surface area contributed by atoms with Gasteiger partial charge in [-0.05, 0) is 36.2 Å². The van der Waals surface area contributed by atoms with Crippen molar-refractivity contribution in [1.29, 1.82) is 0 Å². The minimum absolute atomic E-state index is 0.444. The van der Waals surface area contributed by atoms with Crippen molar-refractivity contribution in [2.75, 3.05) is 13.1 Å². The molecule has 1 aliphatic rings. The minimum atomic E-state index is -0.444. The molecule has 2 rings (SSSR count). The second-order valence-corrected chi connectivity index (χ2v) is 4.04. The fourth-order valence-corrected chi connectivity index (χ4v) is 2.09. The van der Waals surface area contributed by atoms with Gasteiger partial charge >= 0.3 is 0 Å². The van der Waals surface area contributed by atoms with Crippen molar-refractivity contribution in [3.8, 4) is 0 Å². The molecule has 0 spiro atoms. The molecule has 0 atom stereocenters. The van der Waals surface area contributed by atoms with Gasteiger partial charge in [0.2, 0.25) is 0 Å². The van der Waals surface area contributed by atoms with E-state index < -0.39 is 5.91 Å². The first-order valence-corrected chi connectivity index (χ1v) is 6.53. The summed E-state index contributed by atoms with van der Waals surface area (Å²) in [5, 5.41) is 8.56. The molecule has 0 saturated heterocycles. The van der Waals surface area contributed by atoms with Crippen LogP contribution in [0.4, 0.5) is 0 Å². The van der Waals surface area contributed by atoms with E-state index in [-0.39, 0.29) is 0 Å². The van der Waals surface area contributed by atoms with E-state index in [4.69, 9.17) is 5.21 Å². The Bertz CT molecular complexity index is 405. The van der Waals surface area contributed by atoms with Crippen LogP contribution < -0.4 is 5.48 Å². The fourth-order valence-electron chi connectivity index (χ4n) is 2.09. The SMILES string of the molecule is CC.CCN1CCc2cc(C(=O)NO)ccc2C1. The smallest absolute Gasteiger partial charge is 0.274 e. The van der Waals surface area contributed by atoms with Crippen molar-refractivity contribution in [1.82, 2.24) is 10.4 Å². The molecule has 1 aromatic rings. The molecule has 0 aliphatic carbocycles. The van der Waals surface area contributed by atoms with Gasteiger partial charge in [0, 0.05) is 18.7 Å². The molecule has 0 radical (unpaired) electrons. The number of fused-ring (bicyclic) bond motifs is 1. The number of hydrogen-bond acceptors (Lipinski definition) is 3. The number of nitrogens with one attached hydrogen (secondary N) is 1. The molecule has 4 heteroatoms. The molecule has 0 unspecified atom stereocenters. The highest BCUT2D eigenvalue weighted by Gasteiger charge is 2.16. The minimum Gasteiger partial charge on any atom is -0.299 e. The van der Waals surface area contributed by atoms with Crippen LogP contribution in [0.2, 0.25) is 0 Å². The lowest BCUT2D eigenvalue weighted by Gasteiger charge is -2.27. The number of hydroxylamine groups is 1. The molecule has 0 saturated carbocycles. The lowest BCUT2D eigenvalue weighted by Crippen LogP contribution is -2.30. The summed E-state index contributed by atoms with van der Waals surface area (Å²) in [6, 6.07) is 5.60. The molecule has 2 N–H and O–H groups in total.